The number of ether oxygens (including phenoxy) is 1. The lowest BCUT2D eigenvalue weighted by molar-refractivity contribution is 0.479. The number of hydrogen-bond donors (Lipinski definition) is 1. The van der Waals surface area contributed by atoms with Crippen LogP contribution in [-0.2, 0) is 12.8 Å². The summed E-state index contributed by atoms with van der Waals surface area (Å²) in [6, 6.07) is 13.5. The van der Waals surface area contributed by atoms with Crippen LogP contribution in [0.25, 0.3) is 0 Å². The first-order valence-electron chi connectivity index (χ1n) is 16.5. The summed E-state index contributed by atoms with van der Waals surface area (Å²) in [6.07, 6.45) is 30.0. The maximum Gasteiger partial charge on any atom is 0.151 e. The van der Waals surface area contributed by atoms with Crippen LogP contribution in [0, 0.1) is 0 Å². The van der Waals surface area contributed by atoms with Crippen molar-refractivity contribution < 1.29 is 4.74 Å². The van der Waals surface area contributed by atoms with Gasteiger partial charge in [0.25, 0.3) is 0 Å². The first-order valence-corrected chi connectivity index (χ1v) is 16.5. The summed E-state index contributed by atoms with van der Waals surface area (Å²) < 4.78 is 6.40. The van der Waals surface area contributed by atoms with Crippen LogP contribution in [-0.4, -0.2) is 0 Å². The molecule has 0 atom stereocenters. The summed E-state index contributed by atoms with van der Waals surface area (Å²) in [5.41, 5.74) is 4.98. The third-order valence-corrected chi connectivity index (χ3v) is 8.22. The molecular formula is C36H57NO. The number of rotatable bonds is 22. The van der Waals surface area contributed by atoms with Crippen molar-refractivity contribution in [3.63, 3.8) is 0 Å². The molecule has 0 unspecified atom stereocenters. The first kappa shape index (κ1) is 30.6. The zero-order valence-electron chi connectivity index (χ0n) is 24.9. The molecule has 1 heterocycles. The lowest BCUT2D eigenvalue weighted by Crippen LogP contribution is -2.04. The second kappa shape index (κ2) is 19.2. The molecule has 0 aromatic heterocycles. The highest BCUT2D eigenvalue weighted by Crippen LogP contribution is 2.43. The van der Waals surface area contributed by atoms with E-state index in [0.29, 0.717) is 0 Å². The molecule has 1 aliphatic rings. The number of hydrogen-bond acceptors (Lipinski definition) is 2. The number of anilines is 2. The molecule has 1 N–H and O–H groups in total. The number of nitrogens with one attached hydrogen (secondary N) is 1. The van der Waals surface area contributed by atoms with Crippen molar-refractivity contribution in [3.8, 4) is 11.5 Å². The highest BCUT2D eigenvalue weighted by molar-refractivity contribution is 5.76. The standard InChI is InChI=1S/C36H57NO/c1-3-5-7-9-11-13-15-17-19-21-23-31-25-27-33-35(29-31)38-36-30-32(26-28-34(36)37-33)24-22-20-18-16-14-12-10-8-6-4-2/h25-30,37H,3-24H2,1-2H3. The molecule has 0 bridgehead atoms. The van der Waals surface area contributed by atoms with Gasteiger partial charge in [0.2, 0.25) is 0 Å². The van der Waals surface area contributed by atoms with Crippen molar-refractivity contribution in [1.29, 1.82) is 0 Å². The molecule has 0 saturated carbocycles. The van der Waals surface area contributed by atoms with Crippen molar-refractivity contribution in [3.05, 3.63) is 47.5 Å². The van der Waals surface area contributed by atoms with Crippen molar-refractivity contribution in [2.24, 2.45) is 0 Å². The minimum atomic E-state index is 0.984. The zero-order valence-corrected chi connectivity index (χ0v) is 24.9. The van der Waals surface area contributed by atoms with Crippen molar-refractivity contribution in [2.45, 2.75) is 155 Å². The second-order valence-electron chi connectivity index (χ2n) is 11.8. The Morgan fingerprint density at radius 3 is 1.16 bits per heavy atom. The second-order valence-corrected chi connectivity index (χ2v) is 11.8. The fourth-order valence-electron chi connectivity index (χ4n) is 5.72. The zero-order chi connectivity index (χ0) is 26.7. The van der Waals surface area contributed by atoms with Gasteiger partial charge in [-0.25, -0.2) is 0 Å². The molecule has 0 amide bonds. The van der Waals surface area contributed by atoms with Crippen LogP contribution >= 0.6 is 0 Å². The topological polar surface area (TPSA) is 21.3 Å². The molecule has 0 saturated heterocycles. The predicted molar refractivity (Wildman–Crippen MR) is 167 cm³/mol. The Morgan fingerprint density at radius 1 is 0.447 bits per heavy atom. The van der Waals surface area contributed by atoms with Crippen LogP contribution < -0.4 is 10.1 Å². The molecule has 2 nitrogen and oxygen atoms in total. The maximum atomic E-state index is 6.40. The largest absolute Gasteiger partial charge is 0.453 e. The van der Waals surface area contributed by atoms with Gasteiger partial charge in [0.05, 0.1) is 11.4 Å². The monoisotopic (exact) mass is 519 g/mol. The molecule has 0 radical (unpaired) electrons. The van der Waals surface area contributed by atoms with E-state index in [0.717, 1.165) is 35.7 Å². The molecule has 212 valence electrons. The molecule has 2 aromatic rings. The quantitative estimate of drug-likeness (QED) is 0.133. The van der Waals surface area contributed by atoms with Gasteiger partial charge in [-0.2, -0.15) is 0 Å². The Morgan fingerprint density at radius 2 is 0.789 bits per heavy atom. The lowest BCUT2D eigenvalue weighted by Gasteiger charge is -2.23. The molecule has 38 heavy (non-hydrogen) atoms. The van der Waals surface area contributed by atoms with E-state index in [9.17, 15) is 0 Å². The predicted octanol–water partition coefficient (Wildman–Crippen LogP) is 12.5. The average Bonchev–Trinajstić information content (AvgIpc) is 2.94. The van der Waals surface area contributed by atoms with Gasteiger partial charge in [-0.1, -0.05) is 142 Å². The van der Waals surface area contributed by atoms with Gasteiger partial charge in [0.15, 0.2) is 11.5 Å². The summed E-state index contributed by atoms with van der Waals surface area (Å²) >= 11 is 0. The Labute approximate surface area is 235 Å². The summed E-state index contributed by atoms with van der Waals surface area (Å²) in [5.74, 6) is 1.97. The third-order valence-electron chi connectivity index (χ3n) is 8.22. The molecule has 3 rings (SSSR count). The SMILES string of the molecule is CCCCCCCCCCCCc1ccc2c(c1)Oc1cc(CCCCCCCCCCCC)ccc1N2. The lowest BCUT2D eigenvalue weighted by atomic mass is 10.0. The molecule has 0 aliphatic carbocycles. The third kappa shape index (κ3) is 11.8. The number of aryl methyl sites for hydroxylation is 2. The number of unbranched alkanes of at least 4 members (excludes halogenated alkanes) is 18. The van der Waals surface area contributed by atoms with Gasteiger partial charge in [0.1, 0.15) is 0 Å². The van der Waals surface area contributed by atoms with E-state index in [-0.39, 0.29) is 0 Å². The van der Waals surface area contributed by atoms with Crippen LogP contribution in [0.4, 0.5) is 11.4 Å². The smallest absolute Gasteiger partial charge is 0.151 e. The van der Waals surface area contributed by atoms with E-state index >= 15 is 0 Å². The van der Waals surface area contributed by atoms with E-state index in [1.165, 1.54) is 140 Å². The molecule has 0 fully saturated rings. The van der Waals surface area contributed by atoms with Crippen LogP contribution in [0.5, 0.6) is 11.5 Å². The summed E-state index contributed by atoms with van der Waals surface area (Å²) in [5, 5.41) is 3.59. The number of benzene rings is 2. The maximum absolute atomic E-state index is 6.40. The Bertz CT molecular complexity index is 817. The molecule has 1 aliphatic heterocycles. The van der Waals surface area contributed by atoms with Crippen molar-refractivity contribution in [1.82, 2.24) is 0 Å². The first-order chi connectivity index (χ1) is 18.8. The van der Waals surface area contributed by atoms with Gasteiger partial charge < -0.3 is 10.1 Å². The van der Waals surface area contributed by atoms with E-state index in [2.05, 4.69) is 55.6 Å². The van der Waals surface area contributed by atoms with E-state index in [1.807, 2.05) is 0 Å². The Hall–Kier alpha value is -1.96. The molecular weight excluding hydrogens is 462 g/mol. The summed E-state index contributed by atoms with van der Waals surface area (Å²) in [4.78, 5) is 0. The average molecular weight is 520 g/mol. The van der Waals surface area contributed by atoms with E-state index in [1.54, 1.807) is 0 Å². The van der Waals surface area contributed by atoms with Gasteiger partial charge in [-0.15, -0.1) is 0 Å². The van der Waals surface area contributed by atoms with Gasteiger partial charge >= 0.3 is 0 Å². The fourth-order valence-corrected chi connectivity index (χ4v) is 5.72. The number of fused-ring (bicyclic) bond motifs is 2. The van der Waals surface area contributed by atoms with Crippen LogP contribution in [0.3, 0.4) is 0 Å². The van der Waals surface area contributed by atoms with E-state index in [4.69, 9.17) is 4.74 Å². The summed E-state index contributed by atoms with van der Waals surface area (Å²) in [6.45, 7) is 4.58. The fraction of sp³-hybridized carbons (Fsp3) is 0.667. The van der Waals surface area contributed by atoms with Crippen molar-refractivity contribution in [2.75, 3.05) is 5.32 Å². The minimum absolute atomic E-state index is 0.984. The highest BCUT2D eigenvalue weighted by atomic mass is 16.5. The summed E-state index contributed by atoms with van der Waals surface area (Å²) in [7, 11) is 0. The highest BCUT2D eigenvalue weighted by Gasteiger charge is 2.17. The normalized spacial score (nSPS) is 12.1. The van der Waals surface area contributed by atoms with Crippen LogP contribution in [0.2, 0.25) is 0 Å². The van der Waals surface area contributed by atoms with Crippen LogP contribution in [0.1, 0.15) is 153 Å². The molecule has 0 spiro atoms. The van der Waals surface area contributed by atoms with Crippen LogP contribution in [0.15, 0.2) is 36.4 Å². The minimum Gasteiger partial charge on any atom is -0.453 e. The van der Waals surface area contributed by atoms with Crippen molar-refractivity contribution >= 4 is 11.4 Å². The van der Waals surface area contributed by atoms with Gasteiger partial charge in [-0.3, -0.25) is 0 Å². The Balaban J connectivity index is 1.31. The van der Waals surface area contributed by atoms with E-state index < -0.39 is 0 Å². The molecule has 2 aromatic carbocycles. The Kier molecular flexibility index (Phi) is 15.4. The van der Waals surface area contributed by atoms with Gasteiger partial charge in [-0.05, 0) is 61.1 Å². The van der Waals surface area contributed by atoms with Gasteiger partial charge in [0, 0.05) is 0 Å². The molecule has 2 heteroatoms.